The average molecular weight is 380 g/mol. The summed E-state index contributed by atoms with van der Waals surface area (Å²) >= 11 is 0. The molecule has 1 aliphatic heterocycles. The number of carbonyl (C=O) groups is 1. The standard InChI is InChI=1S/C22H29N5O/c1-4-13-26-20-10-6-5-9-19(20)24-21(26)18-8-7-14-25(15-18)22(28)17(3)27-16(2)11-12-23-27/h5-6,9-12,17-18H,4,7-8,13-15H2,1-3H3. The Morgan fingerprint density at radius 1 is 1.29 bits per heavy atom. The molecular weight excluding hydrogens is 350 g/mol. The van der Waals surface area contributed by atoms with Crippen LogP contribution in [0, 0.1) is 6.92 Å². The van der Waals surface area contributed by atoms with Crippen molar-refractivity contribution in [3.05, 3.63) is 48.0 Å². The van der Waals surface area contributed by atoms with Gasteiger partial charge >= 0.3 is 0 Å². The third-order valence-corrected chi connectivity index (χ3v) is 5.82. The van der Waals surface area contributed by atoms with Gasteiger partial charge in [-0.15, -0.1) is 0 Å². The number of amides is 1. The van der Waals surface area contributed by atoms with Crippen LogP contribution in [0.1, 0.15) is 56.6 Å². The van der Waals surface area contributed by atoms with E-state index in [1.165, 1.54) is 5.52 Å². The van der Waals surface area contributed by atoms with Gasteiger partial charge in [0.2, 0.25) is 5.91 Å². The molecule has 148 valence electrons. The first kappa shape index (κ1) is 18.7. The summed E-state index contributed by atoms with van der Waals surface area (Å²) in [4.78, 5) is 20.1. The average Bonchev–Trinajstić information content (AvgIpc) is 3.31. The summed E-state index contributed by atoms with van der Waals surface area (Å²) in [5.74, 6) is 1.56. The van der Waals surface area contributed by atoms with Crippen LogP contribution in [-0.2, 0) is 11.3 Å². The SMILES string of the molecule is CCCn1c(C2CCCN(C(=O)C(C)n3nccc3C)C2)nc2ccccc21. The predicted octanol–water partition coefficient (Wildman–Crippen LogP) is 3.92. The predicted molar refractivity (Wildman–Crippen MR) is 110 cm³/mol. The lowest BCUT2D eigenvalue weighted by atomic mass is 9.96. The summed E-state index contributed by atoms with van der Waals surface area (Å²) < 4.78 is 4.17. The van der Waals surface area contributed by atoms with Gasteiger partial charge < -0.3 is 9.47 Å². The number of nitrogens with zero attached hydrogens (tertiary/aromatic N) is 5. The quantitative estimate of drug-likeness (QED) is 0.675. The van der Waals surface area contributed by atoms with Gasteiger partial charge in [-0.05, 0) is 51.3 Å². The number of piperidine rings is 1. The Morgan fingerprint density at radius 3 is 2.86 bits per heavy atom. The molecule has 0 radical (unpaired) electrons. The highest BCUT2D eigenvalue weighted by atomic mass is 16.2. The number of benzene rings is 1. The minimum Gasteiger partial charge on any atom is -0.340 e. The summed E-state index contributed by atoms with van der Waals surface area (Å²) in [6, 6.07) is 10.0. The zero-order valence-corrected chi connectivity index (χ0v) is 17.0. The van der Waals surface area contributed by atoms with Gasteiger partial charge in [0.25, 0.3) is 0 Å². The van der Waals surface area contributed by atoms with Crippen molar-refractivity contribution in [3.8, 4) is 0 Å². The van der Waals surface area contributed by atoms with E-state index in [9.17, 15) is 4.79 Å². The van der Waals surface area contributed by atoms with Crippen LogP contribution in [0.4, 0.5) is 0 Å². The number of imidazole rings is 1. The Morgan fingerprint density at radius 2 is 2.11 bits per heavy atom. The molecule has 28 heavy (non-hydrogen) atoms. The number of hydrogen-bond donors (Lipinski definition) is 0. The first-order chi connectivity index (χ1) is 13.6. The number of aryl methyl sites for hydroxylation is 2. The minimum absolute atomic E-state index is 0.148. The van der Waals surface area contributed by atoms with Crippen molar-refractivity contribution in [2.24, 2.45) is 0 Å². The molecule has 3 aromatic rings. The van der Waals surface area contributed by atoms with E-state index in [-0.39, 0.29) is 17.9 Å². The Bertz CT molecular complexity index is 972. The van der Waals surface area contributed by atoms with E-state index in [0.717, 1.165) is 55.9 Å². The van der Waals surface area contributed by atoms with Crippen LogP contribution in [0.5, 0.6) is 0 Å². The van der Waals surface area contributed by atoms with Crippen LogP contribution >= 0.6 is 0 Å². The second-order valence-corrected chi connectivity index (χ2v) is 7.83. The second-order valence-electron chi connectivity index (χ2n) is 7.83. The van der Waals surface area contributed by atoms with Gasteiger partial charge in [-0.3, -0.25) is 9.48 Å². The number of carbonyl (C=O) groups excluding carboxylic acids is 1. The lowest BCUT2D eigenvalue weighted by Crippen LogP contribution is -2.43. The molecule has 0 saturated carbocycles. The monoisotopic (exact) mass is 379 g/mol. The summed E-state index contributed by atoms with van der Waals surface area (Å²) in [6.45, 7) is 8.64. The Balaban J connectivity index is 1.59. The van der Waals surface area contributed by atoms with Gasteiger partial charge in [-0.25, -0.2) is 4.98 Å². The topological polar surface area (TPSA) is 56.0 Å². The molecular formula is C22H29N5O. The van der Waals surface area contributed by atoms with Crippen LogP contribution in [0.3, 0.4) is 0 Å². The molecule has 1 aromatic carbocycles. The van der Waals surface area contributed by atoms with E-state index < -0.39 is 0 Å². The first-order valence-electron chi connectivity index (χ1n) is 10.3. The molecule has 6 nitrogen and oxygen atoms in total. The van der Waals surface area contributed by atoms with Gasteiger partial charge in [0.05, 0.1) is 11.0 Å². The van der Waals surface area contributed by atoms with Crippen LogP contribution in [-0.4, -0.2) is 43.2 Å². The van der Waals surface area contributed by atoms with E-state index in [1.807, 2.05) is 35.6 Å². The number of rotatable bonds is 5. The molecule has 4 rings (SSSR count). The third-order valence-electron chi connectivity index (χ3n) is 5.82. The molecule has 1 fully saturated rings. The van der Waals surface area contributed by atoms with Crippen molar-refractivity contribution in [1.29, 1.82) is 0 Å². The lowest BCUT2D eigenvalue weighted by molar-refractivity contribution is -0.135. The fraction of sp³-hybridized carbons (Fsp3) is 0.500. The summed E-state index contributed by atoms with van der Waals surface area (Å²) in [7, 11) is 0. The van der Waals surface area contributed by atoms with Gasteiger partial charge in [-0.1, -0.05) is 19.1 Å². The van der Waals surface area contributed by atoms with E-state index in [1.54, 1.807) is 6.20 Å². The highest BCUT2D eigenvalue weighted by Crippen LogP contribution is 2.30. The molecule has 0 spiro atoms. The van der Waals surface area contributed by atoms with Crippen LogP contribution in [0.25, 0.3) is 11.0 Å². The van der Waals surface area contributed by atoms with Crippen LogP contribution < -0.4 is 0 Å². The maximum atomic E-state index is 13.1. The molecule has 6 heteroatoms. The zero-order valence-electron chi connectivity index (χ0n) is 17.0. The van der Waals surface area contributed by atoms with E-state index in [4.69, 9.17) is 4.98 Å². The molecule has 3 heterocycles. The van der Waals surface area contributed by atoms with E-state index >= 15 is 0 Å². The normalized spacial score (nSPS) is 18.5. The smallest absolute Gasteiger partial charge is 0.247 e. The molecule has 2 atom stereocenters. The Kier molecular flexibility index (Phi) is 5.20. The number of fused-ring (bicyclic) bond motifs is 1. The fourth-order valence-electron chi connectivity index (χ4n) is 4.41. The molecule has 0 bridgehead atoms. The molecule has 0 aliphatic carbocycles. The maximum absolute atomic E-state index is 13.1. The first-order valence-corrected chi connectivity index (χ1v) is 10.3. The number of para-hydroxylation sites is 2. The van der Waals surface area contributed by atoms with Crippen molar-refractivity contribution >= 4 is 16.9 Å². The number of aromatic nitrogens is 4. The second kappa shape index (κ2) is 7.78. The van der Waals surface area contributed by atoms with Gasteiger partial charge in [0.1, 0.15) is 11.9 Å². The van der Waals surface area contributed by atoms with Crippen molar-refractivity contribution in [2.45, 2.75) is 58.5 Å². The van der Waals surface area contributed by atoms with E-state index in [2.05, 4.69) is 34.8 Å². The number of hydrogen-bond acceptors (Lipinski definition) is 3. The van der Waals surface area contributed by atoms with Crippen LogP contribution in [0.2, 0.25) is 0 Å². The fourth-order valence-corrected chi connectivity index (χ4v) is 4.41. The van der Waals surface area contributed by atoms with Crippen molar-refractivity contribution in [3.63, 3.8) is 0 Å². The minimum atomic E-state index is -0.275. The highest BCUT2D eigenvalue weighted by Gasteiger charge is 2.31. The summed E-state index contributed by atoms with van der Waals surface area (Å²) in [6.07, 6.45) is 4.91. The molecule has 2 unspecified atom stereocenters. The lowest BCUT2D eigenvalue weighted by Gasteiger charge is -2.34. The van der Waals surface area contributed by atoms with Gasteiger partial charge in [0.15, 0.2) is 0 Å². The molecule has 1 saturated heterocycles. The zero-order chi connectivity index (χ0) is 19.7. The largest absolute Gasteiger partial charge is 0.340 e. The van der Waals surface area contributed by atoms with E-state index in [0.29, 0.717) is 0 Å². The highest BCUT2D eigenvalue weighted by molar-refractivity contribution is 5.80. The maximum Gasteiger partial charge on any atom is 0.247 e. The Hall–Kier alpha value is -2.63. The molecule has 1 amide bonds. The van der Waals surface area contributed by atoms with Crippen molar-refractivity contribution in [2.75, 3.05) is 13.1 Å². The summed E-state index contributed by atoms with van der Waals surface area (Å²) in [5, 5.41) is 4.33. The van der Waals surface area contributed by atoms with Gasteiger partial charge in [-0.2, -0.15) is 5.10 Å². The molecule has 1 aliphatic rings. The van der Waals surface area contributed by atoms with Crippen molar-refractivity contribution < 1.29 is 4.79 Å². The van der Waals surface area contributed by atoms with Gasteiger partial charge in [0, 0.05) is 37.4 Å². The summed E-state index contributed by atoms with van der Waals surface area (Å²) in [5.41, 5.74) is 3.26. The Labute approximate surface area is 166 Å². The van der Waals surface area contributed by atoms with Crippen molar-refractivity contribution in [1.82, 2.24) is 24.2 Å². The molecule has 2 aromatic heterocycles. The third kappa shape index (κ3) is 3.32. The van der Waals surface area contributed by atoms with Crippen LogP contribution in [0.15, 0.2) is 36.5 Å². The molecule has 0 N–H and O–H groups in total. The number of likely N-dealkylation sites (tertiary alicyclic amines) is 1.